The fourth-order valence-electron chi connectivity index (χ4n) is 5.28. The normalized spacial score (nSPS) is 14.1. The van der Waals surface area contributed by atoms with Crippen LogP contribution in [0, 0.1) is 0 Å². The summed E-state index contributed by atoms with van der Waals surface area (Å²) in [4.78, 5) is 24.0. The number of carbonyl (C=O) groups excluding carboxylic acids is 2. The molecule has 0 radical (unpaired) electrons. The number of ether oxygens (including phenoxy) is 1. The second-order valence-electron chi connectivity index (χ2n) is 12.5. The Kier molecular flexibility index (Phi) is 29.2. The van der Waals surface area contributed by atoms with Gasteiger partial charge in [-0.1, -0.05) is 153 Å². The fourth-order valence-corrected chi connectivity index (χ4v) is 5.28. The third-order valence-electron chi connectivity index (χ3n) is 8.17. The first kappa shape index (κ1) is 41.3. The van der Waals surface area contributed by atoms with Crippen LogP contribution in [-0.4, -0.2) is 46.9 Å². The highest BCUT2D eigenvalue weighted by atomic mass is 16.5. The summed E-state index contributed by atoms with van der Waals surface area (Å²) in [5.41, 5.74) is 1.41. The summed E-state index contributed by atoms with van der Waals surface area (Å²) in [6, 6.07) is -0.807. The molecule has 43 heavy (non-hydrogen) atoms. The molecule has 0 aliphatic carbocycles. The van der Waals surface area contributed by atoms with E-state index in [0.717, 1.165) is 38.5 Å². The first-order valence-electron chi connectivity index (χ1n) is 17.9. The number of unbranched alkanes of at least 4 members (excludes halogenated alkanes) is 18. The summed E-state index contributed by atoms with van der Waals surface area (Å²) < 4.78 is 5.08. The van der Waals surface area contributed by atoms with Crippen molar-refractivity contribution in [3.05, 3.63) is 23.8 Å². The van der Waals surface area contributed by atoms with E-state index in [0.29, 0.717) is 6.42 Å². The van der Waals surface area contributed by atoms with Crippen LogP contribution in [0.5, 0.6) is 0 Å². The van der Waals surface area contributed by atoms with Crippen LogP contribution in [0.15, 0.2) is 23.8 Å². The Balaban J connectivity index is 4.28. The summed E-state index contributed by atoms with van der Waals surface area (Å²) in [5.74, 6) is -1.01. The smallest absolute Gasteiger partial charge is 0.302 e. The van der Waals surface area contributed by atoms with Crippen LogP contribution >= 0.6 is 0 Å². The van der Waals surface area contributed by atoms with E-state index >= 15 is 0 Å². The zero-order chi connectivity index (χ0) is 32.0. The zero-order valence-corrected chi connectivity index (χ0v) is 28.6. The van der Waals surface area contributed by atoms with Gasteiger partial charge < -0.3 is 20.3 Å². The maximum atomic E-state index is 12.6. The van der Waals surface area contributed by atoms with Crippen LogP contribution in [0.25, 0.3) is 0 Å². The molecule has 6 nitrogen and oxygen atoms in total. The quantitative estimate of drug-likeness (QED) is 0.0430. The Hall–Kier alpha value is -1.66. The average Bonchev–Trinajstić information content (AvgIpc) is 2.98. The van der Waals surface area contributed by atoms with Gasteiger partial charge in [0.2, 0.25) is 5.91 Å². The Bertz CT molecular complexity index is 720. The Morgan fingerprint density at radius 1 is 0.698 bits per heavy atom. The molecule has 0 saturated heterocycles. The lowest BCUT2D eigenvalue weighted by Gasteiger charge is -2.23. The van der Waals surface area contributed by atoms with Gasteiger partial charge in [-0.15, -0.1) is 0 Å². The Labute approximate surface area is 265 Å². The highest BCUT2D eigenvalue weighted by molar-refractivity contribution is 5.80. The molecule has 0 fully saturated rings. The highest BCUT2D eigenvalue weighted by Gasteiger charge is 2.24. The second kappa shape index (κ2) is 30.4. The van der Waals surface area contributed by atoms with E-state index in [4.69, 9.17) is 4.74 Å². The van der Waals surface area contributed by atoms with Crippen LogP contribution in [0.1, 0.15) is 175 Å². The van der Waals surface area contributed by atoms with Crippen molar-refractivity contribution in [1.82, 2.24) is 5.32 Å². The van der Waals surface area contributed by atoms with Gasteiger partial charge in [-0.25, -0.2) is 0 Å². The molecule has 0 spiro atoms. The number of carbonyl (C=O) groups is 2. The van der Waals surface area contributed by atoms with E-state index in [2.05, 4.69) is 32.2 Å². The van der Waals surface area contributed by atoms with Crippen LogP contribution in [0.3, 0.4) is 0 Å². The van der Waals surface area contributed by atoms with Crippen molar-refractivity contribution in [2.75, 3.05) is 6.61 Å². The molecule has 0 aromatic heterocycles. The van der Waals surface area contributed by atoms with Gasteiger partial charge in [0.1, 0.15) is 12.7 Å². The molecule has 0 saturated carbocycles. The predicted molar refractivity (Wildman–Crippen MR) is 181 cm³/mol. The number of esters is 1. The molecule has 3 atom stereocenters. The molecular formula is C37H69NO5. The lowest BCUT2D eigenvalue weighted by Crippen LogP contribution is -2.49. The van der Waals surface area contributed by atoms with Gasteiger partial charge in [-0.3, -0.25) is 9.59 Å². The molecule has 0 aliphatic heterocycles. The second-order valence-corrected chi connectivity index (χ2v) is 12.5. The molecule has 1 unspecified atom stereocenters. The number of hydrogen-bond acceptors (Lipinski definition) is 5. The van der Waals surface area contributed by atoms with Crippen LogP contribution < -0.4 is 5.32 Å². The Morgan fingerprint density at radius 2 is 1.19 bits per heavy atom. The van der Waals surface area contributed by atoms with Crippen molar-refractivity contribution < 1.29 is 24.5 Å². The van der Waals surface area contributed by atoms with Gasteiger partial charge in [-0.2, -0.15) is 0 Å². The minimum atomic E-state index is -1.14. The third kappa shape index (κ3) is 27.6. The van der Waals surface area contributed by atoms with Crippen molar-refractivity contribution in [3.63, 3.8) is 0 Å². The van der Waals surface area contributed by atoms with Gasteiger partial charge in [0, 0.05) is 6.92 Å². The number of nitrogens with one attached hydrogen (secondary N) is 1. The molecule has 252 valence electrons. The van der Waals surface area contributed by atoms with Crippen molar-refractivity contribution in [2.45, 2.75) is 194 Å². The minimum Gasteiger partial charge on any atom is -0.464 e. The number of aliphatic hydroxyl groups excluding tert-OH is 2. The minimum absolute atomic E-state index is 0.143. The van der Waals surface area contributed by atoms with E-state index in [-0.39, 0.29) is 6.61 Å². The van der Waals surface area contributed by atoms with E-state index < -0.39 is 30.1 Å². The predicted octanol–water partition coefficient (Wildman–Crippen LogP) is 9.27. The topological polar surface area (TPSA) is 95.9 Å². The molecule has 0 aliphatic rings. The first-order valence-corrected chi connectivity index (χ1v) is 17.9. The number of amides is 1. The first-order chi connectivity index (χ1) is 20.8. The molecular weight excluding hydrogens is 538 g/mol. The van der Waals surface area contributed by atoms with Crippen molar-refractivity contribution in [2.24, 2.45) is 0 Å². The maximum Gasteiger partial charge on any atom is 0.302 e. The summed E-state index contributed by atoms with van der Waals surface area (Å²) >= 11 is 0. The number of hydrogen-bond donors (Lipinski definition) is 3. The standard InChI is InChI=1S/C37H69NO5/c1-5-7-9-11-13-14-15-16-17-19-21-25-30-36(41)37(42)38-34(31-43-33(4)39)35(40)29-26-22-24-28-32(3)27-23-20-18-12-10-8-6-2/h26,28-29,34-36,40-41H,5-25,27,30-31H2,1-4H3,(H,38,42)/b29-26+,32-28+/t34?,35-,36-/m1/s1. The average molecular weight is 608 g/mol. The number of rotatable bonds is 30. The third-order valence-corrected chi connectivity index (χ3v) is 8.17. The summed E-state index contributed by atoms with van der Waals surface area (Å²) in [5, 5.41) is 23.8. The molecule has 0 aromatic carbocycles. The van der Waals surface area contributed by atoms with Crippen LogP contribution in [0.4, 0.5) is 0 Å². The van der Waals surface area contributed by atoms with Gasteiger partial charge in [-0.05, 0) is 39.0 Å². The maximum absolute atomic E-state index is 12.6. The zero-order valence-electron chi connectivity index (χ0n) is 28.6. The molecule has 0 aromatic rings. The molecule has 1 amide bonds. The fraction of sp³-hybridized carbons (Fsp3) is 0.838. The number of allylic oxidation sites excluding steroid dienone is 3. The van der Waals surface area contributed by atoms with Gasteiger partial charge in [0.05, 0.1) is 12.1 Å². The van der Waals surface area contributed by atoms with Gasteiger partial charge in [0.25, 0.3) is 0 Å². The van der Waals surface area contributed by atoms with Gasteiger partial charge in [0.15, 0.2) is 0 Å². The largest absolute Gasteiger partial charge is 0.464 e. The monoisotopic (exact) mass is 608 g/mol. The Morgan fingerprint density at radius 3 is 1.70 bits per heavy atom. The van der Waals surface area contributed by atoms with E-state index in [9.17, 15) is 19.8 Å². The lowest BCUT2D eigenvalue weighted by atomic mass is 10.0. The van der Waals surface area contributed by atoms with E-state index in [1.54, 1.807) is 6.08 Å². The SMILES string of the molecule is CCCCCCCCCCCCCC[C@@H](O)C(=O)NC(COC(C)=O)[C@H](O)/C=C/CC/C=C(\C)CCCCCCCCC. The molecule has 0 bridgehead atoms. The summed E-state index contributed by atoms with van der Waals surface area (Å²) in [7, 11) is 0. The highest BCUT2D eigenvalue weighted by Crippen LogP contribution is 2.15. The molecule has 0 rings (SSSR count). The molecule has 3 N–H and O–H groups in total. The molecule has 6 heteroatoms. The number of aliphatic hydroxyl groups is 2. The molecule has 0 heterocycles. The van der Waals surface area contributed by atoms with E-state index in [1.807, 2.05) is 6.08 Å². The van der Waals surface area contributed by atoms with Crippen molar-refractivity contribution in [3.8, 4) is 0 Å². The van der Waals surface area contributed by atoms with Gasteiger partial charge >= 0.3 is 5.97 Å². The van der Waals surface area contributed by atoms with Crippen LogP contribution in [0.2, 0.25) is 0 Å². The van der Waals surface area contributed by atoms with Crippen LogP contribution in [-0.2, 0) is 14.3 Å². The van der Waals surface area contributed by atoms with Crippen molar-refractivity contribution in [1.29, 1.82) is 0 Å². The van der Waals surface area contributed by atoms with E-state index in [1.165, 1.54) is 115 Å². The summed E-state index contributed by atoms with van der Waals surface area (Å²) in [6.45, 7) is 7.83. The van der Waals surface area contributed by atoms with Crippen molar-refractivity contribution >= 4 is 11.9 Å². The summed E-state index contributed by atoms with van der Waals surface area (Å²) in [6.07, 6.45) is 30.8. The lowest BCUT2D eigenvalue weighted by molar-refractivity contribution is -0.144.